The lowest BCUT2D eigenvalue weighted by Crippen LogP contribution is -2.18. The molecule has 128 valence electrons. The van der Waals surface area contributed by atoms with Crippen molar-refractivity contribution in [3.63, 3.8) is 0 Å². The number of amides is 1. The van der Waals surface area contributed by atoms with Crippen LogP contribution in [0.3, 0.4) is 0 Å². The molecule has 0 saturated heterocycles. The zero-order valence-electron chi connectivity index (χ0n) is 13.0. The summed E-state index contributed by atoms with van der Waals surface area (Å²) in [7, 11) is 0. The van der Waals surface area contributed by atoms with Crippen molar-refractivity contribution >= 4 is 50.7 Å². The Morgan fingerprint density at radius 2 is 2.00 bits per heavy atom. The predicted octanol–water partition coefficient (Wildman–Crippen LogP) is 4.93. The van der Waals surface area contributed by atoms with E-state index in [0.29, 0.717) is 22.3 Å². The smallest absolute Gasteiger partial charge is 0.267 e. The highest BCUT2D eigenvalue weighted by molar-refractivity contribution is 9.10. The molecule has 0 aliphatic carbocycles. The molecule has 1 amide bonds. The zero-order chi connectivity index (χ0) is 18.2. The fourth-order valence-corrected chi connectivity index (χ4v) is 2.75. The topological polar surface area (TPSA) is 64.9 Å². The van der Waals surface area contributed by atoms with Crippen LogP contribution in [0.5, 0.6) is 0 Å². The Hall–Kier alpha value is -2.00. The molecule has 0 unspecified atom stereocenters. The minimum atomic E-state index is -0.518. The van der Waals surface area contributed by atoms with Crippen molar-refractivity contribution in [1.82, 2.24) is 5.32 Å². The van der Waals surface area contributed by atoms with E-state index >= 15 is 0 Å². The summed E-state index contributed by atoms with van der Waals surface area (Å²) in [6.45, 7) is 0.599. The molecule has 0 spiro atoms. The molecular formula is C18H14BrCl2N3O. The van der Waals surface area contributed by atoms with Crippen molar-refractivity contribution in [1.29, 1.82) is 5.26 Å². The molecule has 0 aliphatic rings. The van der Waals surface area contributed by atoms with Crippen LogP contribution < -0.4 is 10.6 Å². The number of nitriles is 1. The third-order valence-electron chi connectivity index (χ3n) is 3.24. The van der Waals surface area contributed by atoms with Gasteiger partial charge in [0, 0.05) is 22.9 Å². The maximum absolute atomic E-state index is 12.1. The number of carbonyl (C=O) groups is 1. The summed E-state index contributed by atoms with van der Waals surface area (Å²) in [6.07, 6.45) is 2.17. The second kappa shape index (κ2) is 9.47. The average molecular weight is 439 g/mol. The van der Waals surface area contributed by atoms with Gasteiger partial charge in [-0.05, 0) is 42.3 Å². The van der Waals surface area contributed by atoms with Crippen LogP contribution in [0.4, 0.5) is 5.69 Å². The first-order valence-corrected chi connectivity index (χ1v) is 8.89. The fourth-order valence-electron chi connectivity index (χ4n) is 2.00. The second-order valence-electron chi connectivity index (χ2n) is 5.09. The molecule has 0 heterocycles. The van der Waals surface area contributed by atoms with E-state index in [1.165, 1.54) is 12.3 Å². The Balaban J connectivity index is 1.91. The lowest BCUT2D eigenvalue weighted by atomic mass is 10.1. The van der Waals surface area contributed by atoms with Crippen molar-refractivity contribution in [3.8, 4) is 6.07 Å². The largest absolute Gasteiger partial charge is 0.389 e. The highest BCUT2D eigenvalue weighted by Gasteiger charge is 2.10. The first-order chi connectivity index (χ1) is 12.0. The molecule has 0 aliphatic heterocycles. The summed E-state index contributed by atoms with van der Waals surface area (Å²) in [6, 6.07) is 14.5. The summed E-state index contributed by atoms with van der Waals surface area (Å²) in [5, 5.41) is 15.5. The van der Waals surface area contributed by atoms with Crippen molar-refractivity contribution in [2.75, 3.05) is 11.9 Å². The highest BCUT2D eigenvalue weighted by Crippen LogP contribution is 2.25. The monoisotopic (exact) mass is 437 g/mol. The van der Waals surface area contributed by atoms with Crippen LogP contribution in [0.15, 0.2) is 58.7 Å². The first-order valence-electron chi connectivity index (χ1n) is 7.34. The molecule has 7 heteroatoms. The van der Waals surface area contributed by atoms with Crippen LogP contribution in [0.25, 0.3) is 0 Å². The minimum absolute atomic E-state index is 0.0275. The van der Waals surface area contributed by atoms with Gasteiger partial charge in [-0.3, -0.25) is 4.79 Å². The van der Waals surface area contributed by atoms with Gasteiger partial charge in [0.25, 0.3) is 5.91 Å². The van der Waals surface area contributed by atoms with Gasteiger partial charge in [-0.25, -0.2) is 0 Å². The van der Waals surface area contributed by atoms with Crippen LogP contribution >= 0.6 is 39.1 Å². The number of halogens is 3. The van der Waals surface area contributed by atoms with E-state index in [0.717, 1.165) is 16.5 Å². The van der Waals surface area contributed by atoms with Crippen molar-refractivity contribution < 1.29 is 4.79 Å². The Morgan fingerprint density at radius 1 is 1.20 bits per heavy atom. The van der Waals surface area contributed by atoms with E-state index in [1.54, 1.807) is 12.1 Å². The zero-order valence-corrected chi connectivity index (χ0v) is 16.1. The van der Waals surface area contributed by atoms with Crippen LogP contribution in [0.1, 0.15) is 5.56 Å². The maximum Gasteiger partial charge on any atom is 0.267 e. The summed E-state index contributed by atoms with van der Waals surface area (Å²) < 4.78 is 1.01. The molecule has 0 fully saturated rings. The van der Waals surface area contributed by atoms with Gasteiger partial charge < -0.3 is 10.6 Å². The second-order valence-corrected chi connectivity index (χ2v) is 6.82. The molecule has 0 atom stereocenters. The van der Waals surface area contributed by atoms with E-state index < -0.39 is 5.91 Å². The SMILES string of the molecule is N#C/C(=C/NCCc1cccc(Br)c1)C(=O)Nc1ccc(Cl)c(Cl)c1. The first kappa shape index (κ1) is 19.3. The molecule has 0 saturated carbocycles. The Kier molecular flexibility index (Phi) is 7.32. The van der Waals surface area contributed by atoms with Crippen LogP contribution in [-0.2, 0) is 11.2 Å². The van der Waals surface area contributed by atoms with Gasteiger partial charge in [-0.2, -0.15) is 5.26 Å². The molecule has 2 N–H and O–H groups in total. The minimum Gasteiger partial charge on any atom is -0.389 e. The Labute approximate surface area is 164 Å². The van der Waals surface area contributed by atoms with E-state index in [1.807, 2.05) is 30.3 Å². The van der Waals surface area contributed by atoms with Crippen LogP contribution in [-0.4, -0.2) is 12.5 Å². The van der Waals surface area contributed by atoms with Gasteiger partial charge in [0.1, 0.15) is 11.6 Å². The van der Waals surface area contributed by atoms with Gasteiger partial charge in [0.15, 0.2) is 0 Å². The molecule has 2 aromatic rings. The van der Waals surface area contributed by atoms with Gasteiger partial charge in [0.2, 0.25) is 0 Å². The van der Waals surface area contributed by atoms with Gasteiger partial charge in [0.05, 0.1) is 10.0 Å². The fraction of sp³-hybridized carbons (Fsp3) is 0.111. The summed E-state index contributed by atoms with van der Waals surface area (Å²) in [5.41, 5.74) is 1.59. The lowest BCUT2D eigenvalue weighted by Gasteiger charge is -2.06. The predicted molar refractivity (Wildman–Crippen MR) is 105 cm³/mol. The molecule has 4 nitrogen and oxygen atoms in total. The molecule has 0 bridgehead atoms. The molecule has 25 heavy (non-hydrogen) atoms. The van der Waals surface area contributed by atoms with Crippen molar-refractivity contribution in [2.24, 2.45) is 0 Å². The van der Waals surface area contributed by atoms with E-state index in [9.17, 15) is 4.79 Å². The van der Waals surface area contributed by atoms with E-state index in [-0.39, 0.29) is 5.57 Å². The summed E-state index contributed by atoms with van der Waals surface area (Å²) >= 11 is 15.2. The number of benzene rings is 2. The number of rotatable bonds is 6. The molecule has 2 aromatic carbocycles. The highest BCUT2D eigenvalue weighted by atomic mass is 79.9. The van der Waals surface area contributed by atoms with Crippen LogP contribution in [0.2, 0.25) is 10.0 Å². The number of nitrogens with one attached hydrogen (secondary N) is 2. The van der Waals surface area contributed by atoms with Crippen molar-refractivity contribution in [3.05, 3.63) is 74.3 Å². The van der Waals surface area contributed by atoms with Crippen molar-refractivity contribution in [2.45, 2.75) is 6.42 Å². The summed E-state index contributed by atoms with van der Waals surface area (Å²) in [5.74, 6) is -0.518. The van der Waals surface area contributed by atoms with Gasteiger partial charge in [-0.1, -0.05) is 51.3 Å². The molecular weight excluding hydrogens is 425 g/mol. The molecule has 0 aromatic heterocycles. The van der Waals surface area contributed by atoms with Gasteiger partial charge >= 0.3 is 0 Å². The third-order valence-corrected chi connectivity index (χ3v) is 4.47. The maximum atomic E-state index is 12.1. The quantitative estimate of drug-likeness (QED) is 0.381. The molecule has 0 radical (unpaired) electrons. The standard InChI is InChI=1S/C18H14BrCl2N3O/c19-14-3-1-2-12(8-14)6-7-23-11-13(10-22)18(25)24-15-4-5-16(20)17(21)9-15/h1-5,8-9,11,23H,6-7H2,(H,24,25)/b13-11-. The van der Waals surface area contributed by atoms with Crippen LogP contribution in [0, 0.1) is 11.3 Å². The lowest BCUT2D eigenvalue weighted by molar-refractivity contribution is -0.112. The van der Waals surface area contributed by atoms with Gasteiger partial charge in [-0.15, -0.1) is 0 Å². The number of anilines is 1. The number of carbonyl (C=O) groups excluding carboxylic acids is 1. The summed E-state index contributed by atoms with van der Waals surface area (Å²) in [4.78, 5) is 12.1. The number of hydrogen-bond acceptors (Lipinski definition) is 3. The Bertz CT molecular complexity index is 846. The van der Waals surface area contributed by atoms with E-state index in [2.05, 4.69) is 26.6 Å². The number of hydrogen-bond donors (Lipinski definition) is 2. The Morgan fingerprint density at radius 3 is 2.68 bits per heavy atom. The third kappa shape index (κ3) is 6.09. The van der Waals surface area contributed by atoms with E-state index in [4.69, 9.17) is 28.5 Å². The average Bonchev–Trinajstić information content (AvgIpc) is 2.58. The molecule has 2 rings (SSSR count). The number of nitrogens with zero attached hydrogens (tertiary/aromatic N) is 1. The normalized spacial score (nSPS) is 10.9.